The summed E-state index contributed by atoms with van der Waals surface area (Å²) in [6.45, 7) is -1.21. The third-order valence-corrected chi connectivity index (χ3v) is 3.17. The second kappa shape index (κ2) is 7.54. The number of hydrogen-bond donors (Lipinski definition) is 3. The average molecular weight is 343 g/mol. The molecule has 0 radical (unpaired) electrons. The third kappa shape index (κ3) is 4.72. The van der Waals surface area contributed by atoms with Gasteiger partial charge in [0.15, 0.2) is 6.61 Å². The van der Waals surface area contributed by atoms with Gasteiger partial charge in [-0.05, 0) is 6.07 Å². The molecule has 1 unspecified atom stereocenters. The molecule has 0 fully saturated rings. The molecule has 0 bridgehead atoms. The fourth-order valence-corrected chi connectivity index (χ4v) is 1.77. The Hall–Kier alpha value is -1.21. The van der Waals surface area contributed by atoms with Crippen molar-refractivity contribution in [1.82, 2.24) is 5.32 Å². The molecule has 0 spiro atoms. The molecule has 0 aromatic heterocycles. The first kappa shape index (κ1) is 16.8. The number of carboxylic acids is 1. The van der Waals surface area contributed by atoms with Crippen molar-refractivity contribution in [3.05, 3.63) is 27.2 Å². The summed E-state index contributed by atoms with van der Waals surface area (Å²) in [5, 5.41) is 20.1. The first-order chi connectivity index (χ1) is 9.35. The maximum atomic E-state index is 11.4. The zero-order chi connectivity index (χ0) is 15.3. The normalized spacial score (nSPS) is 11.8. The van der Waals surface area contributed by atoms with E-state index in [-0.39, 0.29) is 20.8 Å². The van der Waals surface area contributed by atoms with E-state index in [9.17, 15) is 9.59 Å². The first-order valence-corrected chi connectivity index (χ1v) is 6.39. The summed E-state index contributed by atoms with van der Waals surface area (Å²) in [5.74, 6) is -1.95. The Kier molecular flexibility index (Phi) is 6.35. The number of rotatable bonds is 6. The molecular weight excluding hydrogens is 332 g/mol. The molecular formula is C11H10Cl3NO5. The highest BCUT2D eigenvalue weighted by Crippen LogP contribution is 2.33. The highest BCUT2D eigenvalue weighted by molar-refractivity contribution is 6.43. The maximum Gasteiger partial charge on any atom is 0.328 e. The summed E-state index contributed by atoms with van der Waals surface area (Å²) in [6, 6.07) is 1.29. The van der Waals surface area contributed by atoms with Gasteiger partial charge >= 0.3 is 5.97 Å². The standard InChI is InChI=1S/C11H10Cl3NO5/c12-5-1-7(14)9(2-6(5)13)20-4-10(17)15-8(3-16)11(18)19/h1-2,8,16H,3-4H2,(H,15,17)(H,18,19). The first-order valence-electron chi connectivity index (χ1n) is 5.25. The number of hydrogen-bond acceptors (Lipinski definition) is 4. The number of amides is 1. The van der Waals surface area contributed by atoms with Crippen molar-refractivity contribution in [1.29, 1.82) is 0 Å². The number of halogens is 3. The smallest absolute Gasteiger partial charge is 0.328 e. The van der Waals surface area contributed by atoms with E-state index < -0.39 is 31.1 Å². The second-order valence-electron chi connectivity index (χ2n) is 3.63. The topological polar surface area (TPSA) is 95.9 Å². The van der Waals surface area contributed by atoms with Crippen molar-refractivity contribution >= 4 is 46.7 Å². The van der Waals surface area contributed by atoms with E-state index in [0.29, 0.717) is 0 Å². The van der Waals surface area contributed by atoms with E-state index in [0.717, 1.165) is 0 Å². The quantitative estimate of drug-likeness (QED) is 0.682. The number of carbonyl (C=O) groups excluding carboxylic acids is 1. The molecule has 0 aliphatic carbocycles. The Morgan fingerprint density at radius 1 is 1.20 bits per heavy atom. The molecule has 3 N–H and O–H groups in total. The lowest BCUT2D eigenvalue weighted by Gasteiger charge is -2.13. The molecule has 1 aromatic carbocycles. The van der Waals surface area contributed by atoms with Crippen LogP contribution in [0.5, 0.6) is 5.75 Å². The van der Waals surface area contributed by atoms with Crippen molar-refractivity contribution in [3.8, 4) is 5.75 Å². The zero-order valence-electron chi connectivity index (χ0n) is 9.90. The van der Waals surface area contributed by atoms with E-state index in [1.165, 1.54) is 12.1 Å². The van der Waals surface area contributed by atoms with E-state index in [2.05, 4.69) is 5.32 Å². The minimum absolute atomic E-state index is 0.132. The summed E-state index contributed by atoms with van der Waals surface area (Å²) in [7, 11) is 0. The molecule has 6 nitrogen and oxygen atoms in total. The Labute approximate surface area is 129 Å². The molecule has 1 atom stereocenters. The average Bonchev–Trinajstić information content (AvgIpc) is 2.38. The molecule has 0 saturated heterocycles. The van der Waals surface area contributed by atoms with Gasteiger partial charge in [-0.1, -0.05) is 34.8 Å². The van der Waals surface area contributed by atoms with E-state index >= 15 is 0 Å². The van der Waals surface area contributed by atoms with Crippen LogP contribution in [0, 0.1) is 0 Å². The monoisotopic (exact) mass is 341 g/mol. The molecule has 1 amide bonds. The summed E-state index contributed by atoms with van der Waals surface area (Å²) in [5.41, 5.74) is 0. The number of carboxylic acid groups (broad SMARTS) is 1. The van der Waals surface area contributed by atoms with Crippen LogP contribution in [0.15, 0.2) is 12.1 Å². The number of ether oxygens (including phenoxy) is 1. The number of aliphatic hydroxyl groups is 1. The Morgan fingerprint density at radius 3 is 2.35 bits per heavy atom. The largest absolute Gasteiger partial charge is 0.482 e. The van der Waals surface area contributed by atoms with Crippen molar-refractivity contribution in [2.75, 3.05) is 13.2 Å². The number of aliphatic carboxylic acids is 1. The van der Waals surface area contributed by atoms with E-state index in [4.69, 9.17) is 49.8 Å². The fraction of sp³-hybridized carbons (Fsp3) is 0.273. The van der Waals surface area contributed by atoms with Crippen LogP contribution in [-0.4, -0.2) is 41.3 Å². The van der Waals surface area contributed by atoms with Crippen molar-refractivity contribution in [3.63, 3.8) is 0 Å². The van der Waals surface area contributed by atoms with Gasteiger partial charge in [-0.3, -0.25) is 4.79 Å². The predicted molar refractivity (Wildman–Crippen MR) is 73.6 cm³/mol. The van der Waals surface area contributed by atoms with Gasteiger partial charge in [0.25, 0.3) is 5.91 Å². The van der Waals surface area contributed by atoms with Crippen LogP contribution < -0.4 is 10.1 Å². The highest BCUT2D eigenvalue weighted by atomic mass is 35.5. The fourth-order valence-electron chi connectivity index (χ4n) is 1.18. The molecule has 1 aromatic rings. The molecule has 110 valence electrons. The van der Waals surface area contributed by atoms with Crippen molar-refractivity contribution in [2.24, 2.45) is 0 Å². The lowest BCUT2D eigenvalue weighted by molar-refractivity contribution is -0.143. The van der Waals surface area contributed by atoms with Crippen LogP contribution in [0.25, 0.3) is 0 Å². The Morgan fingerprint density at radius 2 is 1.80 bits per heavy atom. The lowest BCUT2D eigenvalue weighted by Crippen LogP contribution is -2.45. The molecule has 9 heteroatoms. The maximum absolute atomic E-state index is 11.4. The molecule has 0 aliphatic rings. The van der Waals surface area contributed by atoms with Crippen molar-refractivity contribution < 1.29 is 24.5 Å². The van der Waals surface area contributed by atoms with Crippen LogP contribution in [-0.2, 0) is 9.59 Å². The lowest BCUT2D eigenvalue weighted by atomic mass is 10.3. The molecule has 0 saturated carbocycles. The second-order valence-corrected chi connectivity index (χ2v) is 4.85. The van der Waals surface area contributed by atoms with Gasteiger partial charge in [0.1, 0.15) is 11.8 Å². The number of carbonyl (C=O) groups is 2. The zero-order valence-corrected chi connectivity index (χ0v) is 12.2. The van der Waals surface area contributed by atoms with Gasteiger partial charge in [-0.15, -0.1) is 0 Å². The van der Waals surface area contributed by atoms with Crippen LogP contribution in [0.4, 0.5) is 0 Å². The minimum atomic E-state index is -1.39. The minimum Gasteiger partial charge on any atom is -0.482 e. The third-order valence-electron chi connectivity index (χ3n) is 2.15. The predicted octanol–water partition coefficient (Wildman–Crippen LogP) is 1.59. The van der Waals surface area contributed by atoms with E-state index in [1.54, 1.807) is 0 Å². The van der Waals surface area contributed by atoms with Crippen LogP contribution in [0.3, 0.4) is 0 Å². The summed E-state index contributed by atoms with van der Waals surface area (Å²) >= 11 is 17.3. The van der Waals surface area contributed by atoms with Gasteiger partial charge in [0, 0.05) is 6.07 Å². The van der Waals surface area contributed by atoms with Crippen LogP contribution in [0.1, 0.15) is 0 Å². The van der Waals surface area contributed by atoms with Gasteiger partial charge < -0.3 is 20.3 Å². The SMILES string of the molecule is O=C(COc1cc(Cl)c(Cl)cc1Cl)NC(CO)C(=O)O. The Balaban J connectivity index is 2.61. The molecule has 0 aliphatic heterocycles. The van der Waals surface area contributed by atoms with Crippen LogP contribution >= 0.6 is 34.8 Å². The molecule has 20 heavy (non-hydrogen) atoms. The highest BCUT2D eigenvalue weighted by Gasteiger charge is 2.19. The number of benzene rings is 1. The van der Waals surface area contributed by atoms with Crippen LogP contribution in [0.2, 0.25) is 15.1 Å². The summed E-state index contributed by atoms with van der Waals surface area (Å²) < 4.78 is 5.10. The van der Waals surface area contributed by atoms with Gasteiger partial charge in [-0.2, -0.15) is 0 Å². The Bertz CT molecular complexity index is 523. The summed E-state index contributed by atoms with van der Waals surface area (Å²) in [4.78, 5) is 22.0. The van der Waals surface area contributed by atoms with E-state index in [1.807, 2.05) is 0 Å². The van der Waals surface area contributed by atoms with Gasteiger partial charge in [-0.25, -0.2) is 4.79 Å². The van der Waals surface area contributed by atoms with Crippen molar-refractivity contribution in [2.45, 2.75) is 6.04 Å². The molecule has 0 heterocycles. The molecule has 1 rings (SSSR count). The summed E-state index contributed by atoms with van der Waals surface area (Å²) in [6.07, 6.45) is 0. The number of aliphatic hydroxyl groups excluding tert-OH is 1. The van der Waals surface area contributed by atoms with Gasteiger partial charge in [0.05, 0.1) is 21.7 Å². The number of nitrogens with one attached hydrogen (secondary N) is 1. The van der Waals surface area contributed by atoms with Gasteiger partial charge in [0.2, 0.25) is 0 Å².